The molecule has 0 spiro atoms. The number of aldehydes is 1. The topological polar surface area (TPSA) is 116 Å². The highest BCUT2D eigenvalue weighted by Crippen LogP contribution is 2.32. The summed E-state index contributed by atoms with van der Waals surface area (Å²) in [4.78, 5) is 24.1. The van der Waals surface area contributed by atoms with Crippen molar-refractivity contribution in [2.24, 2.45) is 4.99 Å². The second-order valence-corrected chi connectivity index (χ2v) is 6.07. The first-order chi connectivity index (χ1) is 9.97. The lowest BCUT2D eigenvalue weighted by Gasteiger charge is -2.17. The van der Waals surface area contributed by atoms with Gasteiger partial charge in [0.1, 0.15) is 12.0 Å². The number of aromatic hydroxyl groups is 1. The van der Waals surface area contributed by atoms with E-state index in [1.165, 1.54) is 18.2 Å². The summed E-state index contributed by atoms with van der Waals surface area (Å²) in [5, 5.41) is 9.97. The third-order valence-electron chi connectivity index (χ3n) is 3.00. The van der Waals surface area contributed by atoms with Gasteiger partial charge < -0.3 is 9.90 Å². The molecule has 1 atom stereocenters. The molecule has 8 nitrogen and oxygen atoms in total. The van der Waals surface area contributed by atoms with Gasteiger partial charge in [-0.3, -0.25) is 4.31 Å². The normalized spacial score (nSPS) is 20.0. The van der Waals surface area contributed by atoms with Gasteiger partial charge in [-0.2, -0.15) is 13.1 Å². The molecule has 1 unspecified atom stereocenters. The Balaban J connectivity index is 2.25. The zero-order valence-electron chi connectivity index (χ0n) is 10.9. The van der Waals surface area contributed by atoms with Crippen LogP contribution in [-0.4, -0.2) is 45.0 Å². The highest BCUT2D eigenvalue weighted by atomic mass is 32.2. The van der Waals surface area contributed by atoms with Crippen LogP contribution in [0.3, 0.4) is 0 Å². The minimum Gasteiger partial charge on any atom is -0.506 e. The average Bonchev–Trinajstić information content (AvgIpc) is 2.74. The van der Waals surface area contributed by atoms with Crippen molar-refractivity contribution < 1.29 is 23.1 Å². The third kappa shape index (κ3) is 3.27. The molecule has 0 bridgehead atoms. The zero-order valence-corrected chi connectivity index (χ0v) is 11.7. The first-order valence-corrected chi connectivity index (χ1v) is 7.53. The quantitative estimate of drug-likeness (QED) is 0.432. The lowest BCUT2D eigenvalue weighted by molar-refractivity contribution is -0.108. The molecule has 0 amide bonds. The monoisotopic (exact) mass is 311 g/mol. The molecule has 9 heteroatoms. The van der Waals surface area contributed by atoms with Gasteiger partial charge in [-0.25, -0.2) is 9.79 Å². The van der Waals surface area contributed by atoms with E-state index < -0.39 is 16.3 Å². The van der Waals surface area contributed by atoms with E-state index >= 15 is 0 Å². The number of nitrogens with zero attached hydrogens (tertiary/aromatic N) is 2. The van der Waals surface area contributed by atoms with Crippen molar-refractivity contribution in [2.75, 3.05) is 17.4 Å². The molecule has 112 valence electrons. The van der Waals surface area contributed by atoms with Gasteiger partial charge in [-0.1, -0.05) is 6.07 Å². The number of nitrogens with one attached hydrogen (secondary N) is 1. The number of anilines is 1. The van der Waals surface area contributed by atoms with Crippen LogP contribution >= 0.6 is 0 Å². The van der Waals surface area contributed by atoms with Crippen LogP contribution in [0.4, 0.5) is 5.69 Å². The smallest absolute Gasteiger partial charge is 0.302 e. The predicted molar refractivity (Wildman–Crippen MR) is 74.1 cm³/mol. The van der Waals surface area contributed by atoms with Crippen molar-refractivity contribution >= 4 is 28.3 Å². The van der Waals surface area contributed by atoms with E-state index in [1.807, 2.05) is 0 Å². The molecule has 1 saturated heterocycles. The molecule has 1 aromatic rings. The number of hydrogen-bond donors (Lipinski definition) is 2. The fourth-order valence-corrected chi connectivity index (χ4v) is 3.44. The molecular formula is C12H13N3O5S. The van der Waals surface area contributed by atoms with Crippen molar-refractivity contribution in [1.82, 2.24) is 4.72 Å². The van der Waals surface area contributed by atoms with Crippen LogP contribution in [0, 0.1) is 0 Å². The van der Waals surface area contributed by atoms with Crippen LogP contribution in [0.5, 0.6) is 5.75 Å². The standard InChI is InChI=1S/C12H13N3O5S/c16-7-10-6-15(21(19,20)14-10)11-2-1-9(5-12(11)18)3-4-13-8-17/h1-2,5,7,10,14,18H,3-4,6H2. The third-order valence-corrected chi connectivity index (χ3v) is 4.53. The number of hydrogen-bond acceptors (Lipinski definition) is 6. The molecule has 21 heavy (non-hydrogen) atoms. The second-order valence-electron chi connectivity index (χ2n) is 4.44. The molecule has 1 heterocycles. The Morgan fingerprint density at radius 2 is 2.29 bits per heavy atom. The first-order valence-electron chi connectivity index (χ1n) is 6.08. The van der Waals surface area contributed by atoms with Gasteiger partial charge in [0.2, 0.25) is 6.08 Å². The lowest BCUT2D eigenvalue weighted by atomic mass is 10.1. The van der Waals surface area contributed by atoms with Gasteiger partial charge in [0.15, 0.2) is 0 Å². The van der Waals surface area contributed by atoms with Crippen LogP contribution < -0.4 is 9.03 Å². The van der Waals surface area contributed by atoms with E-state index in [9.17, 15) is 23.1 Å². The van der Waals surface area contributed by atoms with E-state index in [-0.39, 0.29) is 24.5 Å². The Bertz CT molecular complexity index is 697. The summed E-state index contributed by atoms with van der Waals surface area (Å²) >= 11 is 0. The van der Waals surface area contributed by atoms with Gasteiger partial charge in [-0.05, 0) is 24.1 Å². The Kier molecular flexibility index (Phi) is 4.37. The minimum absolute atomic E-state index is 0.0752. The van der Waals surface area contributed by atoms with Crippen LogP contribution in [0.2, 0.25) is 0 Å². The average molecular weight is 311 g/mol. The van der Waals surface area contributed by atoms with Crippen LogP contribution in [-0.2, 0) is 26.2 Å². The van der Waals surface area contributed by atoms with E-state index in [2.05, 4.69) is 9.71 Å². The second kappa shape index (κ2) is 6.04. The number of isocyanates is 1. The molecule has 1 aliphatic rings. The van der Waals surface area contributed by atoms with Crippen molar-refractivity contribution in [3.63, 3.8) is 0 Å². The Labute approximate surface area is 121 Å². The Morgan fingerprint density at radius 1 is 1.52 bits per heavy atom. The van der Waals surface area contributed by atoms with Gasteiger partial charge in [0.25, 0.3) is 0 Å². The number of benzene rings is 1. The first kappa shape index (κ1) is 15.2. The fourth-order valence-electron chi connectivity index (χ4n) is 2.03. The summed E-state index contributed by atoms with van der Waals surface area (Å²) < 4.78 is 26.8. The number of phenolic OH excluding ortho intramolecular Hbond substituents is 1. The van der Waals surface area contributed by atoms with Crippen LogP contribution in [0.1, 0.15) is 5.56 Å². The van der Waals surface area contributed by atoms with E-state index in [0.29, 0.717) is 18.3 Å². The summed E-state index contributed by atoms with van der Waals surface area (Å²) in [5.41, 5.74) is 0.793. The molecule has 2 rings (SSSR count). The van der Waals surface area contributed by atoms with Crippen molar-refractivity contribution in [1.29, 1.82) is 0 Å². The van der Waals surface area contributed by atoms with Crippen molar-refractivity contribution in [3.05, 3.63) is 23.8 Å². The summed E-state index contributed by atoms with van der Waals surface area (Å²) in [5.74, 6) is -0.223. The number of aliphatic imine (C=N–C) groups is 1. The molecule has 2 N–H and O–H groups in total. The molecule has 1 fully saturated rings. The predicted octanol–water partition coefficient (Wildman–Crippen LogP) is -0.508. The minimum atomic E-state index is -3.84. The Hall–Kier alpha value is -2.22. The maximum absolute atomic E-state index is 11.9. The van der Waals surface area contributed by atoms with Gasteiger partial charge in [0, 0.05) is 0 Å². The van der Waals surface area contributed by atoms with Crippen molar-refractivity contribution in [2.45, 2.75) is 12.5 Å². The lowest BCUT2D eigenvalue weighted by Crippen LogP contribution is -2.30. The highest BCUT2D eigenvalue weighted by molar-refractivity contribution is 7.91. The van der Waals surface area contributed by atoms with Crippen LogP contribution in [0.25, 0.3) is 0 Å². The maximum atomic E-state index is 11.9. The summed E-state index contributed by atoms with van der Waals surface area (Å²) in [6.07, 6.45) is 2.34. The van der Waals surface area contributed by atoms with Crippen molar-refractivity contribution in [3.8, 4) is 5.75 Å². The van der Waals surface area contributed by atoms with Gasteiger partial charge in [0.05, 0.1) is 24.8 Å². The highest BCUT2D eigenvalue weighted by Gasteiger charge is 2.36. The number of carbonyl (C=O) groups excluding carboxylic acids is 2. The summed E-state index contributed by atoms with van der Waals surface area (Å²) in [7, 11) is -3.84. The van der Waals surface area contributed by atoms with E-state index in [0.717, 1.165) is 4.31 Å². The number of rotatable bonds is 5. The van der Waals surface area contributed by atoms with Gasteiger partial charge in [-0.15, -0.1) is 0 Å². The molecule has 0 aromatic heterocycles. The fraction of sp³-hybridized carbons (Fsp3) is 0.333. The molecule has 0 radical (unpaired) electrons. The molecule has 1 aromatic carbocycles. The van der Waals surface area contributed by atoms with Crippen LogP contribution in [0.15, 0.2) is 23.2 Å². The number of carbonyl (C=O) groups is 1. The Morgan fingerprint density at radius 3 is 2.86 bits per heavy atom. The molecule has 1 aliphatic heterocycles. The molecule has 0 saturated carbocycles. The van der Waals surface area contributed by atoms with E-state index in [4.69, 9.17) is 0 Å². The SMILES string of the molecule is O=C=NCCc1ccc(N2CC(C=O)NS2(=O)=O)c(O)c1. The van der Waals surface area contributed by atoms with Gasteiger partial charge >= 0.3 is 10.2 Å². The molecular weight excluding hydrogens is 298 g/mol. The van der Waals surface area contributed by atoms with E-state index in [1.54, 1.807) is 6.07 Å². The maximum Gasteiger partial charge on any atom is 0.302 e. The largest absolute Gasteiger partial charge is 0.506 e. The number of phenols is 1. The summed E-state index contributed by atoms with van der Waals surface area (Å²) in [6, 6.07) is 3.64. The molecule has 0 aliphatic carbocycles. The summed E-state index contributed by atoms with van der Waals surface area (Å²) in [6.45, 7) is 0.160. The zero-order chi connectivity index (χ0) is 15.5.